The van der Waals surface area contributed by atoms with E-state index in [1.165, 1.54) is 6.07 Å². The topological polar surface area (TPSA) is 105 Å². The Bertz CT molecular complexity index is 960. The Morgan fingerprint density at radius 2 is 2.05 bits per heavy atom. The van der Waals surface area contributed by atoms with Gasteiger partial charge in [0, 0.05) is 11.3 Å². The second kappa shape index (κ2) is 4.65. The highest BCUT2D eigenvalue weighted by Crippen LogP contribution is 2.15. The van der Waals surface area contributed by atoms with Gasteiger partial charge in [-0.25, -0.2) is 9.36 Å². The third-order valence-corrected chi connectivity index (χ3v) is 3.15. The van der Waals surface area contributed by atoms with Gasteiger partial charge in [-0.2, -0.15) is 5.26 Å². The van der Waals surface area contributed by atoms with Crippen LogP contribution in [0.25, 0.3) is 11.0 Å². The molecule has 0 unspecified atom stereocenters. The maximum Gasteiger partial charge on any atom is 0.333 e. The van der Waals surface area contributed by atoms with Crippen LogP contribution >= 0.6 is 0 Å². The minimum Gasteiger partial charge on any atom is -0.399 e. The summed E-state index contributed by atoms with van der Waals surface area (Å²) < 4.78 is 1.03. The summed E-state index contributed by atoms with van der Waals surface area (Å²) in [5.41, 5.74) is 7.18. The molecule has 0 radical (unpaired) electrons. The Morgan fingerprint density at radius 3 is 2.81 bits per heavy atom. The van der Waals surface area contributed by atoms with E-state index in [2.05, 4.69) is 4.98 Å². The van der Waals surface area contributed by atoms with E-state index in [1.54, 1.807) is 36.4 Å². The van der Waals surface area contributed by atoms with Crippen molar-refractivity contribution >= 4 is 22.6 Å². The molecule has 3 aromatic rings. The van der Waals surface area contributed by atoms with Gasteiger partial charge in [0.25, 0.3) is 5.91 Å². The Labute approximate surface area is 119 Å². The zero-order chi connectivity index (χ0) is 15.0. The maximum atomic E-state index is 12.5. The Kier molecular flexibility index (Phi) is 2.81. The number of nitrogens with two attached hydrogens (primary N) is 1. The van der Waals surface area contributed by atoms with Crippen LogP contribution in [-0.2, 0) is 0 Å². The normalized spacial score (nSPS) is 10.4. The number of nitriles is 1. The Hall–Kier alpha value is -3.33. The van der Waals surface area contributed by atoms with Crippen LogP contribution in [0.4, 0.5) is 5.69 Å². The third-order valence-electron chi connectivity index (χ3n) is 3.15. The number of nitrogens with one attached hydrogen (secondary N) is 1. The predicted molar refractivity (Wildman–Crippen MR) is 77.9 cm³/mol. The number of aromatic nitrogens is 2. The average molecular weight is 278 g/mol. The highest BCUT2D eigenvalue weighted by molar-refractivity contribution is 6.01. The van der Waals surface area contributed by atoms with Crippen LogP contribution in [0.2, 0.25) is 0 Å². The van der Waals surface area contributed by atoms with E-state index in [0.29, 0.717) is 22.3 Å². The molecule has 0 bridgehead atoms. The number of imidazole rings is 1. The van der Waals surface area contributed by atoms with Crippen LogP contribution < -0.4 is 11.4 Å². The lowest BCUT2D eigenvalue weighted by Crippen LogP contribution is -2.24. The largest absolute Gasteiger partial charge is 0.399 e. The summed E-state index contributed by atoms with van der Waals surface area (Å²) >= 11 is 0. The molecule has 1 heterocycles. The lowest BCUT2D eigenvalue weighted by Gasteiger charge is -2.03. The molecule has 21 heavy (non-hydrogen) atoms. The molecule has 102 valence electrons. The van der Waals surface area contributed by atoms with Crippen molar-refractivity contribution < 1.29 is 4.79 Å². The molecule has 0 saturated carbocycles. The fourth-order valence-electron chi connectivity index (χ4n) is 2.18. The molecule has 0 fully saturated rings. The average Bonchev–Trinajstić information content (AvgIpc) is 2.81. The molecule has 6 heteroatoms. The summed E-state index contributed by atoms with van der Waals surface area (Å²) in [7, 11) is 0. The van der Waals surface area contributed by atoms with Crippen LogP contribution in [0.15, 0.2) is 47.3 Å². The highest BCUT2D eigenvalue weighted by atomic mass is 16.2. The van der Waals surface area contributed by atoms with Crippen LogP contribution in [0.5, 0.6) is 0 Å². The zero-order valence-electron chi connectivity index (χ0n) is 10.8. The monoisotopic (exact) mass is 278 g/mol. The number of nitrogens with zero attached hydrogens (tertiary/aromatic N) is 2. The van der Waals surface area contributed by atoms with Crippen molar-refractivity contribution in [3.63, 3.8) is 0 Å². The first-order chi connectivity index (χ1) is 10.1. The van der Waals surface area contributed by atoms with Crippen molar-refractivity contribution in [1.29, 1.82) is 5.26 Å². The lowest BCUT2D eigenvalue weighted by molar-refractivity contribution is 0.0961. The molecule has 0 atom stereocenters. The van der Waals surface area contributed by atoms with Crippen molar-refractivity contribution in [2.24, 2.45) is 0 Å². The molecule has 0 saturated heterocycles. The number of rotatable bonds is 1. The summed E-state index contributed by atoms with van der Waals surface area (Å²) in [6.45, 7) is 0. The fourth-order valence-corrected chi connectivity index (χ4v) is 2.18. The molecule has 0 aliphatic heterocycles. The number of benzene rings is 2. The van der Waals surface area contributed by atoms with E-state index in [-0.39, 0.29) is 5.56 Å². The molecule has 1 aromatic heterocycles. The molecule has 6 nitrogen and oxygen atoms in total. The summed E-state index contributed by atoms with van der Waals surface area (Å²) in [4.78, 5) is 27.1. The number of H-pyrrole nitrogens is 1. The Morgan fingerprint density at radius 1 is 1.24 bits per heavy atom. The minimum atomic E-state index is -0.539. The first-order valence-corrected chi connectivity index (χ1v) is 6.15. The van der Waals surface area contributed by atoms with Gasteiger partial charge < -0.3 is 10.7 Å². The second-order valence-electron chi connectivity index (χ2n) is 4.54. The van der Waals surface area contributed by atoms with Gasteiger partial charge in [0.15, 0.2) is 0 Å². The lowest BCUT2D eigenvalue weighted by atomic mass is 10.1. The minimum absolute atomic E-state index is 0.272. The third kappa shape index (κ3) is 2.07. The van der Waals surface area contributed by atoms with Crippen molar-refractivity contribution in [2.45, 2.75) is 0 Å². The van der Waals surface area contributed by atoms with E-state index in [0.717, 1.165) is 4.57 Å². The molecule has 0 aliphatic rings. The molecule has 2 aromatic carbocycles. The van der Waals surface area contributed by atoms with Crippen molar-refractivity contribution in [3.05, 3.63) is 64.1 Å². The SMILES string of the molecule is N#Cc1cccc(C(=O)n2c(=O)[nH]c3cc(N)ccc32)c1. The van der Waals surface area contributed by atoms with E-state index in [1.807, 2.05) is 6.07 Å². The number of aromatic amines is 1. The van der Waals surface area contributed by atoms with Crippen LogP contribution in [0.1, 0.15) is 15.9 Å². The number of fused-ring (bicyclic) bond motifs is 1. The van der Waals surface area contributed by atoms with Crippen molar-refractivity contribution in [3.8, 4) is 6.07 Å². The summed E-state index contributed by atoms with van der Waals surface area (Å²) in [6, 6.07) is 13.0. The molecule has 0 amide bonds. The summed E-state index contributed by atoms with van der Waals surface area (Å²) in [5, 5.41) is 8.88. The van der Waals surface area contributed by atoms with Gasteiger partial charge >= 0.3 is 5.69 Å². The van der Waals surface area contributed by atoms with Gasteiger partial charge in [0.05, 0.1) is 22.7 Å². The molecule has 0 aliphatic carbocycles. The molecular weight excluding hydrogens is 268 g/mol. The number of nitrogen functional groups attached to an aromatic ring is 1. The number of hydrogen-bond donors (Lipinski definition) is 2. The number of anilines is 1. The standard InChI is InChI=1S/C15H10N4O2/c16-8-9-2-1-3-10(6-9)14(20)19-13-5-4-11(17)7-12(13)18-15(19)21/h1-7H,17H2,(H,18,21). The maximum absolute atomic E-state index is 12.5. The predicted octanol–water partition coefficient (Wildman–Crippen LogP) is 1.47. The van der Waals surface area contributed by atoms with Crippen molar-refractivity contribution in [2.75, 3.05) is 5.73 Å². The first-order valence-electron chi connectivity index (χ1n) is 6.15. The molecule has 3 rings (SSSR count). The van der Waals surface area contributed by atoms with Gasteiger partial charge in [-0.15, -0.1) is 0 Å². The van der Waals surface area contributed by atoms with E-state index >= 15 is 0 Å². The zero-order valence-corrected chi connectivity index (χ0v) is 10.8. The van der Waals surface area contributed by atoms with Crippen LogP contribution in [0.3, 0.4) is 0 Å². The van der Waals surface area contributed by atoms with Gasteiger partial charge in [0.2, 0.25) is 0 Å². The number of carbonyl (C=O) groups is 1. The van der Waals surface area contributed by atoms with Gasteiger partial charge in [0.1, 0.15) is 0 Å². The number of hydrogen-bond acceptors (Lipinski definition) is 4. The van der Waals surface area contributed by atoms with Crippen LogP contribution in [-0.4, -0.2) is 15.5 Å². The molecule has 0 spiro atoms. The van der Waals surface area contributed by atoms with Gasteiger partial charge in [-0.05, 0) is 36.4 Å². The van der Waals surface area contributed by atoms with Gasteiger partial charge in [-0.1, -0.05) is 6.07 Å². The fraction of sp³-hybridized carbons (Fsp3) is 0. The van der Waals surface area contributed by atoms with E-state index in [4.69, 9.17) is 11.0 Å². The highest BCUT2D eigenvalue weighted by Gasteiger charge is 2.16. The Balaban J connectivity index is 2.20. The van der Waals surface area contributed by atoms with E-state index in [9.17, 15) is 9.59 Å². The van der Waals surface area contributed by atoms with Crippen molar-refractivity contribution in [1.82, 2.24) is 9.55 Å². The number of carbonyl (C=O) groups excluding carboxylic acids is 1. The van der Waals surface area contributed by atoms with Crippen LogP contribution in [0, 0.1) is 11.3 Å². The summed E-state index contributed by atoms with van der Waals surface area (Å²) in [5.74, 6) is -0.492. The second-order valence-corrected chi connectivity index (χ2v) is 4.54. The smallest absolute Gasteiger partial charge is 0.333 e. The van der Waals surface area contributed by atoms with Gasteiger partial charge in [-0.3, -0.25) is 4.79 Å². The first kappa shape index (κ1) is 12.7. The molecular formula is C15H10N4O2. The quantitative estimate of drug-likeness (QED) is 0.657. The molecule has 3 N–H and O–H groups in total. The summed E-state index contributed by atoms with van der Waals surface area (Å²) in [6.07, 6.45) is 0. The van der Waals surface area contributed by atoms with E-state index < -0.39 is 11.6 Å².